The summed E-state index contributed by atoms with van der Waals surface area (Å²) in [5, 5.41) is 13.4. The lowest BCUT2D eigenvalue weighted by Crippen LogP contribution is -2.49. The average molecular weight is 366 g/mol. The van der Waals surface area contributed by atoms with E-state index in [1.165, 1.54) is 12.1 Å². The van der Waals surface area contributed by atoms with Crippen LogP contribution in [0.5, 0.6) is 0 Å². The predicted octanol–water partition coefficient (Wildman–Crippen LogP) is 1.09. The van der Waals surface area contributed by atoms with E-state index < -0.39 is 5.97 Å². The van der Waals surface area contributed by atoms with E-state index in [0.717, 1.165) is 5.82 Å². The van der Waals surface area contributed by atoms with Gasteiger partial charge in [-0.05, 0) is 31.2 Å². The van der Waals surface area contributed by atoms with E-state index in [0.29, 0.717) is 43.2 Å². The molecule has 9 nitrogen and oxygen atoms in total. The summed E-state index contributed by atoms with van der Waals surface area (Å²) in [5.41, 5.74) is 1.35. The van der Waals surface area contributed by atoms with Crippen LogP contribution in [0.3, 0.4) is 0 Å². The molecule has 1 aliphatic heterocycles. The fraction of sp³-hybridized carbons (Fsp3) is 0.278. The molecule has 27 heavy (non-hydrogen) atoms. The Balaban J connectivity index is 1.46. The van der Waals surface area contributed by atoms with Crippen molar-refractivity contribution >= 4 is 23.3 Å². The van der Waals surface area contributed by atoms with E-state index in [9.17, 15) is 9.59 Å². The number of aryl methyl sites for hydroxylation is 1. The number of nitrogens with zero attached hydrogens (tertiary/aromatic N) is 6. The van der Waals surface area contributed by atoms with Crippen molar-refractivity contribution in [2.45, 2.75) is 6.92 Å². The van der Waals surface area contributed by atoms with Gasteiger partial charge in [0.15, 0.2) is 11.5 Å². The third-order valence-electron chi connectivity index (χ3n) is 4.60. The van der Waals surface area contributed by atoms with Crippen molar-refractivity contribution in [3.63, 3.8) is 0 Å². The minimum Gasteiger partial charge on any atom is -0.478 e. The highest BCUT2D eigenvalue weighted by molar-refractivity contribution is 5.96. The second-order valence-corrected chi connectivity index (χ2v) is 6.36. The Morgan fingerprint density at radius 3 is 2.33 bits per heavy atom. The maximum absolute atomic E-state index is 12.7. The van der Waals surface area contributed by atoms with Gasteiger partial charge in [0.2, 0.25) is 0 Å². The van der Waals surface area contributed by atoms with Gasteiger partial charge in [-0.2, -0.15) is 4.52 Å². The van der Waals surface area contributed by atoms with Crippen LogP contribution in [-0.4, -0.2) is 67.6 Å². The molecule has 3 aromatic rings. The molecular formula is C18H18N6O3. The molecule has 0 radical (unpaired) electrons. The van der Waals surface area contributed by atoms with Crippen molar-refractivity contribution < 1.29 is 14.7 Å². The number of hydrogen-bond donors (Lipinski definition) is 1. The van der Waals surface area contributed by atoms with Crippen LogP contribution in [0.2, 0.25) is 0 Å². The highest BCUT2D eigenvalue weighted by Crippen LogP contribution is 2.18. The standard InChI is InChI=1S/C18H18N6O3/c1-12-20-15-10-19-11-16(24(15)21-12)22-6-8-23(9-7-22)17(25)13-2-4-14(5-3-13)18(26)27/h2-5,10-11H,6-9H2,1H3,(H,26,27). The van der Waals surface area contributed by atoms with Gasteiger partial charge in [-0.25, -0.2) is 9.78 Å². The molecule has 0 saturated carbocycles. The molecule has 138 valence electrons. The van der Waals surface area contributed by atoms with Crippen molar-refractivity contribution in [1.29, 1.82) is 0 Å². The smallest absolute Gasteiger partial charge is 0.335 e. The third kappa shape index (κ3) is 3.19. The van der Waals surface area contributed by atoms with E-state index >= 15 is 0 Å². The summed E-state index contributed by atoms with van der Waals surface area (Å²) in [6.07, 6.45) is 3.42. The van der Waals surface area contributed by atoms with Gasteiger partial charge in [0.1, 0.15) is 5.82 Å². The first-order valence-electron chi connectivity index (χ1n) is 8.58. The number of aromatic carboxylic acids is 1. The van der Waals surface area contributed by atoms with Gasteiger partial charge in [0.05, 0.1) is 18.0 Å². The average Bonchev–Trinajstić information content (AvgIpc) is 3.08. The highest BCUT2D eigenvalue weighted by atomic mass is 16.4. The van der Waals surface area contributed by atoms with E-state index in [1.54, 1.807) is 33.9 Å². The molecule has 0 bridgehead atoms. The Bertz CT molecular complexity index is 1010. The summed E-state index contributed by atoms with van der Waals surface area (Å²) in [5.74, 6) is 0.433. The van der Waals surface area contributed by atoms with Gasteiger partial charge in [-0.15, -0.1) is 5.10 Å². The van der Waals surface area contributed by atoms with Crippen molar-refractivity contribution in [2.24, 2.45) is 0 Å². The number of carboxylic acids is 1. The molecular weight excluding hydrogens is 348 g/mol. The monoisotopic (exact) mass is 366 g/mol. The zero-order valence-electron chi connectivity index (χ0n) is 14.7. The first-order valence-corrected chi connectivity index (χ1v) is 8.58. The van der Waals surface area contributed by atoms with Crippen LogP contribution in [0.15, 0.2) is 36.7 Å². The van der Waals surface area contributed by atoms with Crippen molar-refractivity contribution in [3.8, 4) is 0 Å². The number of benzene rings is 1. The Labute approximate surface area is 154 Å². The van der Waals surface area contributed by atoms with Gasteiger partial charge in [0.25, 0.3) is 5.91 Å². The van der Waals surface area contributed by atoms with Gasteiger partial charge in [-0.3, -0.25) is 9.78 Å². The molecule has 1 N–H and O–H groups in total. The van der Waals surface area contributed by atoms with Crippen LogP contribution < -0.4 is 4.90 Å². The van der Waals surface area contributed by atoms with Crippen LogP contribution >= 0.6 is 0 Å². The fourth-order valence-electron chi connectivity index (χ4n) is 3.20. The fourth-order valence-corrected chi connectivity index (χ4v) is 3.20. The third-order valence-corrected chi connectivity index (χ3v) is 4.60. The first kappa shape index (κ1) is 17.0. The van der Waals surface area contributed by atoms with Crippen LogP contribution in [0, 0.1) is 6.92 Å². The molecule has 4 rings (SSSR count). The molecule has 1 saturated heterocycles. The van der Waals surface area contributed by atoms with Gasteiger partial charge < -0.3 is 14.9 Å². The Hall–Kier alpha value is -3.49. The van der Waals surface area contributed by atoms with Crippen molar-refractivity contribution in [2.75, 3.05) is 31.1 Å². The number of piperazine rings is 1. The molecule has 0 aliphatic carbocycles. The lowest BCUT2D eigenvalue weighted by atomic mass is 10.1. The van der Waals surface area contributed by atoms with E-state index in [1.807, 2.05) is 6.92 Å². The van der Waals surface area contributed by atoms with Crippen molar-refractivity contribution in [1.82, 2.24) is 24.5 Å². The molecule has 9 heteroatoms. The number of fused-ring (bicyclic) bond motifs is 1. The molecule has 0 spiro atoms. The molecule has 0 atom stereocenters. The van der Waals surface area contributed by atoms with Crippen LogP contribution in [0.4, 0.5) is 5.82 Å². The van der Waals surface area contributed by atoms with Crippen LogP contribution in [0.1, 0.15) is 26.5 Å². The Kier molecular flexibility index (Phi) is 4.19. The lowest BCUT2D eigenvalue weighted by molar-refractivity contribution is 0.0693. The minimum atomic E-state index is -1.01. The minimum absolute atomic E-state index is 0.0977. The number of carbonyl (C=O) groups excluding carboxylic acids is 1. The molecule has 1 fully saturated rings. The highest BCUT2D eigenvalue weighted by Gasteiger charge is 2.24. The number of aromatic nitrogens is 4. The quantitative estimate of drug-likeness (QED) is 0.740. The summed E-state index contributed by atoms with van der Waals surface area (Å²) in [6, 6.07) is 6.01. The molecule has 1 amide bonds. The Morgan fingerprint density at radius 1 is 1.00 bits per heavy atom. The summed E-state index contributed by atoms with van der Waals surface area (Å²) in [4.78, 5) is 36.1. The number of anilines is 1. The normalized spacial score (nSPS) is 14.6. The molecule has 3 heterocycles. The topological polar surface area (TPSA) is 104 Å². The SMILES string of the molecule is Cc1nc2cncc(N3CCN(C(=O)c4ccc(C(=O)O)cc4)CC3)n2n1. The molecule has 0 unspecified atom stereocenters. The second-order valence-electron chi connectivity index (χ2n) is 6.36. The largest absolute Gasteiger partial charge is 0.478 e. The number of hydrogen-bond acceptors (Lipinski definition) is 6. The van der Waals surface area contributed by atoms with Gasteiger partial charge in [-0.1, -0.05) is 0 Å². The zero-order valence-corrected chi connectivity index (χ0v) is 14.7. The van der Waals surface area contributed by atoms with Gasteiger partial charge >= 0.3 is 5.97 Å². The maximum Gasteiger partial charge on any atom is 0.335 e. The summed E-state index contributed by atoms with van der Waals surface area (Å²) in [7, 11) is 0. The summed E-state index contributed by atoms with van der Waals surface area (Å²) < 4.78 is 1.77. The zero-order chi connectivity index (χ0) is 19.0. The van der Waals surface area contributed by atoms with Crippen molar-refractivity contribution in [3.05, 3.63) is 53.6 Å². The maximum atomic E-state index is 12.7. The van der Waals surface area contributed by atoms with Crippen LogP contribution in [-0.2, 0) is 0 Å². The molecule has 1 aliphatic rings. The number of carboxylic acid groups (broad SMARTS) is 1. The first-order chi connectivity index (χ1) is 13.0. The van der Waals surface area contributed by atoms with Crippen LogP contribution in [0.25, 0.3) is 5.65 Å². The predicted molar refractivity (Wildman–Crippen MR) is 97.0 cm³/mol. The Morgan fingerprint density at radius 2 is 1.67 bits per heavy atom. The number of carbonyl (C=O) groups is 2. The second kappa shape index (κ2) is 6.67. The lowest BCUT2D eigenvalue weighted by Gasteiger charge is -2.35. The summed E-state index contributed by atoms with van der Waals surface area (Å²) in [6.45, 7) is 4.26. The molecule has 2 aromatic heterocycles. The summed E-state index contributed by atoms with van der Waals surface area (Å²) >= 11 is 0. The van der Waals surface area contributed by atoms with Gasteiger partial charge in [0, 0.05) is 31.7 Å². The number of amides is 1. The van der Waals surface area contributed by atoms with E-state index in [2.05, 4.69) is 20.0 Å². The van der Waals surface area contributed by atoms with E-state index in [-0.39, 0.29) is 11.5 Å². The van der Waals surface area contributed by atoms with E-state index in [4.69, 9.17) is 5.11 Å². The molecule has 1 aromatic carbocycles. The number of rotatable bonds is 3.